The second-order valence-corrected chi connectivity index (χ2v) is 8.65. The van der Waals surface area contributed by atoms with Crippen molar-refractivity contribution in [3.05, 3.63) is 11.6 Å². The lowest BCUT2D eigenvalue weighted by atomic mass is 9.46. The molecule has 25 heavy (non-hydrogen) atoms. The molecule has 4 nitrogen and oxygen atoms in total. The molecule has 3 unspecified atom stereocenters. The van der Waals surface area contributed by atoms with Crippen LogP contribution in [0.3, 0.4) is 0 Å². The third-order valence-corrected chi connectivity index (χ3v) is 7.71. The molecule has 4 aliphatic carbocycles. The van der Waals surface area contributed by atoms with Gasteiger partial charge in [0, 0.05) is 17.3 Å². The highest BCUT2D eigenvalue weighted by Crippen LogP contribution is 2.67. The number of carbonyl (C=O) groups excluding carboxylic acids is 2. The lowest BCUT2D eigenvalue weighted by Crippen LogP contribution is -2.58. The molecule has 4 rings (SSSR count). The third-order valence-electron chi connectivity index (χ3n) is 7.71. The molecule has 0 aliphatic heterocycles. The first-order chi connectivity index (χ1) is 13.3. The van der Waals surface area contributed by atoms with Crippen molar-refractivity contribution in [2.45, 2.75) is 70.7 Å². The van der Waals surface area contributed by atoms with Gasteiger partial charge in [-0.15, -0.1) is 0 Å². The number of Topliss-reactive ketones (excluding diaryl/α,β-unsaturated/α-hetero) is 1. The SMILES string of the molecule is [2H]C1C([2H])([2H])[C@@]2(C)C(CC[C@]2(O)C(=O)CO)C2CCC3=CC(=O)CC[C@]3(C)[C@]21[2H]. The van der Waals surface area contributed by atoms with Crippen LogP contribution in [0.2, 0.25) is 0 Å². The zero-order valence-electron chi connectivity index (χ0n) is 19.0. The molecule has 0 amide bonds. The summed E-state index contributed by atoms with van der Waals surface area (Å²) in [6.07, 6.45) is 0.0546. The standard InChI is InChI=1S/C21H30O4/c1-19-8-5-14(23)11-13(19)3-4-15-16(19)6-9-20(2)17(15)7-10-21(20,25)18(24)12-22/h11,15-17,22,25H,3-10,12H2,1-2H3/t15?,16-,17?,19-,20-,21-/m0/s1/i6D,9D2,16D/t6?,15?,16-,17?,19-,20-,21-. The van der Waals surface area contributed by atoms with Gasteiger partial charge in [-0.05, 0) is 74.1 Å². The van der Waals surface area contributed by atoms with Gasteiger partial charge in [0.05, 0.1) is 0 Å². The van der Waals surface area contributed by atoms with E-state index in [9.17, 15) is 21.2 Å². The Kier molecular flexibility index (Phi) is 2.91. The molecule has 2 N–H and O–H groups in total. The summed E-state index contributed by atoms with van der Waals surface area (Å²) in [6.45, 7) is 2.56. The first kappa shape index (κ1) is 13.2. The lowest BCUT2D eigenvalue weighted by molar-refractivity contribution is -0.164. The van der Waals surface area contributed by atoms with E-state index in [0.717, 1.165) is 5.57 Å². The van der Waals surface area contributed by atoms with Crippen molar-refractivity contribution in [2.24, 2.45) is 28.6 Å². The highest BCUT2D eigenvalue weighted by Gasteiger charge is 2.65. The second-order valence-electron chi connectivity index (χ2n) is 8.65. The Hall–Kier alpha value is -1.00. The van der Waals surface area contributed by atoms with Gasteiger partial charge in [-0.1, -0.05) is 19.4 Å². The smallest absolute Gasteiger partial charge is 0.190 e. The van der Waals surface area contributed by atoms with Crippen LogP contribution in [0.4, 0.5) is 0 Å². The zero-order chi connectivity index (χ0) is 21.6. The largest absolute Gasteiger partial charge is 0.388 e. The molecule has 3 fully saturated rings. The molecule has 0 radical (unpaired) electrons. The van der Waals surface area contributed by atoms with Crippen LogP contribution in [-0.4, -0.2) is 34.0 Å². The average Bonchev–Trinajstić information content (AvgIpc) is 2.95. The summed E-state index contributed by atoms with van der Waals surface area (Å²) < 4.78 is 36.4. The maximum Gasteiger partial charge on any atom is 0.190 e. The number of aliphatic hydroxyl groups is 2. The monoisotopic (exact) mass is 350 g/mol. The minimum atomic E-state index is -2.32. The molecular weight excluding hydrogens is 316 g/mol. The number of ketones is 2. The van der Waals surface area contributed by atoms with Gasteiger partial charge in [-0.25, -0.2) is 0 Å². The summed E-state index contributed by atoms with van der Waals surface area (Å²) in [7, 11) is 0. The number of aliphatic hydroxyl groups excluding tert-OH is 1. The molecule has 0 aromatic heterocycles. The first-order valence-corrected chi connectivity index (χ1v) is 9.35. The fourth-order valence-electron chi connectivity index (χ4n) is 6.03. The number of allylic oxidation sites excluding steroid dienone is 1. The summed E-state index contributed by atoms with van der Waals surface area (Å²) in [4.78, 5) is 24.5. The number of carbonyl (C=O) groups is 2. The Bertz CT molecular complexity index is 813. The van der Waals surface area contributed by atoms with Gasteiger partial charge >= 0.3 is 0 Å². The van der Waals surface area contributed by atoms with E-state index in [-0.39, 0.29) is 24.5 Å². The van der Waals surface area contributed by atoms with E-state index in [1.807, 2.05) is 6.92 Å². The van der Waals surface area contributed by atoms with E-state index < -0.39 is 53.4 Å². The molecule has 0 heterocycles. The highest BCUT2D eigenvalue weighted by atomic mass is 16.3. The van der Waals surface area contributed by atoms with Crippen molar-refractivity contribution in [1.82, 2.24) is 0 Å². The van der Waals surface area contributed by atoms with Crippen LogP contribution >= 0.6 is 0 Å². The molecule has 0 bridgehead atoms. The van der Waals surface area contributed by atoms with Crippen molar-refractivity contribution in [3.8, 4) is 0 Å². The van der Waals surface area contributed by atoms with Gasteiger partial charge in [0.15, 0.2) is 11.6 Å². The Morgan fingerprint density at radius 1 is 1.36 bits per heavy atom. The van der Waals surface area contributed by atoms with Crippen LogP contribution in [0, 0.1) is 28.6 Å². The van der Waals surface area contributed by atoms with E-state index in [1.54, 1.807) is 6.08 Å². The summed E-state index contributed by atoms with van der Waals surface area (Å²) in [6, 6.07) is 0. The lowest BCUT2D eigenvalue weighted by Gasteiger charge is -2.58. The predicted octanol–water partition coefficient (Wildman–Crippen LogP) is 2.81. The zero-order valence-corrected chi connectivity index (χ0v) is 15.0. The normalized spacial score (nSPS) is 59.3. The maximum absolute atomic E-state index is 12.5. The minimum absolute atomic E-state index is 0.0218. The molecule has 7 atom stereocenters. The van der Waals surface area contributed by atoms with Gasteiger partial charge in [0.1, 0.15) is 12.2 Å². The Morgan fingerprint density at radius 3 is 2.84 bits per heavy atom. The van der Waals surface area contributed by atoms with Gasteiger partial charge < -0.3 is 10.2 Å². The van der Waals surface area contributed by atoms with Crippen LogP contribution in [-0.2, 0) is 9.59 Å². The first-order valence-electron chi connectivity index (χ1n) is 11.4. The van der Waals surface area contributed by atoms with E-state index in [1.165, 1.54) is 6.92 Å². The van der Waals surface area contributed by atoms with Crippen LogP contribution < -0.4 is 0 Å². The molecule has 4 heteroatoms. The average molecular weight is 350 g/mol. The second kappa shape index (κ2) is 5.50. The quantitative estimate of drug-likeness (QED) is 0.803. The van der Waals surface area contributed by atoms with Gasteiger partial charge in [0.25, 0.3) is 0 Å². The van der Waals surface area contributed by atoms with Crippen molar-refractivity contribution in [3.63, 3.8) is 0 Å². The van der Waals surface area contributed by atoms with Crippen LogP contribution in [0.25, 0.3) is 0 Å². The van der Waals surface area contributed by atoms with Crippen LogP contribution in [0.5, 0.6) is 0 Å². The van der Waals surface area contributed by atoms with E-state index >= 15 is 0 Å². The predicted molar refractivity (Wildman–Crippen MR) is 93.8 cm³/mol. The van der Waals surface area contributed by atoms with E-state index in [2.05, 4.69) is 0 Å². The molecule has 0 saturated heterocycles. The molecule has 0 aromatic rings. The Morgan fingerprint density at radius 2 is 2.12 bits per heavy atom. The maximum atomic E-state index is 12.5. The molecule has 4 aliphatic rings. The van der Waals surface area contributed by atoms with Crippen molar-refractivity contribution < 1.29 is 25.3 Å². The van der Waals surface area contributed by atoms with E-state index in [0.29, 0.717) is 25.7 Å². The highest BCUT2D eigenvalue weighted by molar-refractivity contribution is 5.91. The Labute approximate surface area is 155 Å². The van der Waals surface area contributed by atoms with Crippen LogP contribution in [0.1, 0.15) is 70.6 Å². The number of hydrogen-bond donors (Lipinski definition) is 2. The fraction of sp³-hybridized carbons (Fsp3) is 0.810. The summed E-state index contributed by atoms with van der Waals surface area (Å²) in [5.41, 5.74) is -3.54. The molecular formula is C21H30O4. The van der Waals surface area contributed by atoms with E-state index in [4.69, 9.17) is 4.11 Å². The third kappa shape index (κ3) is 2.13. The topological polar surface area (TPSA) is 74.6 Å². The number of hydrogen-bond acceptors (Lipinski definition) is 4. The molecule has 138 valence electrons. The van der Waals surface area contributed by atoms with Gasteiger partial charge in [-0.3, -0.25) is 9.59 Å². The molecule has 0 spiro atoms. The number of rotatable bonds is 2. The summed E-state index contributed by atoms with van der Waals surface area (Å²) in [5.74, 6) is -3.06. The van der Waals surface area contributed by atoms with Gasteiger partial charge in [0.2, 0.25) is 0 Å². The van der Waals surface area contributed by atoms with Crippen molar-refractivity contribution in [2.75, 3.05) is 6.61 Å². The minimum Gasteiger partial charge on any atom is -0.388 e. The fourth-order valence-corrected chi connectivity index (χ4v) is 6.03. The van der Waals surface area contributed by atoms with Crippen molar-refractivity contribution >= 4 is 11.6 Å². The number of fused-ring (bicyclic) bond motifs is 5. The molecule has 0 aromatic carbocycles. The summed E-state index contributed by atoms with van der Waals surface area (Å²) >= 11 is 0. The summed E-state index contributed by atoms with van der Waals surface area (Å²) in [5, 5.41) is 20.8. The Balaban J connectivity index is 1.91. The van der Waals surface area contributed by atoms with Crippen molar-refractivity contribution in [1.29, 1.82) is 0 Å². The molecule has 3 saturated carbocycles. The van der Waals surface area contributed by atoms with Gasteiger partial charge in [-0.2, -0.15) is 0 Å². The van der Waals surface area contributed by atoms with Crippen LogP contribution in [0.15, 0.2) is 11.6 Å².